The van der Waals surface area contributed by atoms with E-state index in [9.17, 15) is 9.59 Å². The molecule has 25 heavy (non-hydrogen) atoms. The summed E-state index contributed by atoms with van der Waals surface area (Å²) < 4.78 is 0.979. The zero-order chi connectivity index (χ0) is 17.8. The van der Waals surface area contributed by atoms with Gasteiger partial charge in [0.15, 0.2) is 0 Å². The van der Waals surface area contributed by atoms with Crippen molar-refractivity contribution in [2.75, 3.05) is 18.4 Å². The highest BCUT2D eigenvalue weighted by Crippen LogP contribution is 2.20. The number of benzene rings is 2. The Hall–Kier alpha value is -2.73. The number of rotatable bonds is 5. The number of thiazole rings is 1. The van der Waals surface area contributed by atoms with E-state index in [1.807, 2.05) is 26.0 Å². The molecule has 1 aromatic heterocycles. The highest BCUT2D eigenvalue weighted by molar-refractivity contribution is 7.16. The van der Waals surface area contributed by atoms with Crippen molar-refractivity contribution in [2.45, 2.75) is 13.8 Å². The number of aromatic nitrogens is 1. The number of carbonyl (C=O) groups excluding carboxylic acids is 2. The molecule has 0 aliphatic heterocycles. The molecule has 0 aliphatic carbocycles. The number of nitrogens with zero attached hydrogens (tertiary/aromatic N) is 2. The summed E-state index contributed by atoms with van der Waals surface area (Å²) in [6.45, 7) is 5.26. The summed E-state index contributed by atoms with van der Waals surface area (Å²) in [5.41, 5.74) is 4.51. The normalized spacial score (nSPS) is 10.6. The third kappa shape index (κ3) is 3.69. The Kier molecular flexibility index (Phi) is 5.09. The molecular formula is C19H19N3O2S. The maximum absolute atomic E-state index is 12.4. The van der Waals surface area contributed by atoms with Crippen LogP contribution in [0.3, 0.4) is 0 Å². The van der Waals surface area contributed by atoms with E-state index in [-0.39, 0.29) is 11.8 Å². The molecule has 0 saturated heterocycles. The molecule has 1 heterocycles. The maximum atomic E-state index is 12.4. The van der Waals surface area contributed by atoms with Crippen molar-refractivity contribution in [1.29, 1.82) is 0 Å². The molecule has 6 heteroatoms. The standard InChI is InChI=1S/C19H19N3O2S/c1-3-22(4-2)19(24)13-5-8-15(9-6-13)21-18(23)14-7-10-16-17(11-14)25-12-20-16/h5-12H,3-4H2,1-2H3,(H,21,23). The van der Waals surface area contributed by atoms with Gasteiger partial charge in [0.2, 0.25) is 0 Å². The SMILES string of the molecule is CCN(CC)C(=O)c1ccc(NC(=O)c2ccc3ncsc3c2)cc1. The first kappa shape index (κ1) is 17.1. The molecule has 128 valence electrons. The van der Waals surface area contributed by atoms with Crippen LogP contribution in [0, 0.1) is 0 Å². The predicted molar refractivity (Wildman–Crippen MR) is 101 cm³/mol. The van der Waals surface area contributed by atoms with Gasteiger partial charge in [-0.15, -0.1) is 11.3 Å². The highest BCUT2D eigenvalue weighted by atomic mass is 32.1. The van der Waals surface area contributed by atoms with Crippen molar-refractivity contribution >= 4 is 39.1 Å². The summed E-state index contributed by atoms with van der Waals surface area (Å²) in [5.74, 6) is -0.184. The minimum atomic E-state index is -0.182. The average Bonchev–Trinajstić information content (AvgIpc) is 3.11. The van der Waals surface area contributed by atoms with Crippen LogP contribution in [0.25, 0.3) is 10.2 Å². The lowest BCUT2D eigenvalue weighted by Crippen LogP contribution is -2.30. The van der Waals surface area contributed by atoms with Crippen LogP contribution in [-0.2, 0) is 0 Å². The van der Waals surface area contributed by atoms with E-state index in [0.29, 0.717) is 29.9 Å². The minimum absolute atomic E-state index is 0.00137. The Morgan fingerprint density at radius 2 is 1.72 bits per heavy atom. The zero-order valence-electron chi connectivity index (χ0n) is 14.2. The van der Waals surface area contributed by atoms with Crippen LogP contribution in [-0.4, -0.2) is 34.8 Å². The smallest absolute Gasteiger partial charge is 0.255 e. The number of fused-ring (bicyclic) bond motifs is 1. The van der Waals surface area contributed by atoms with Crippen molar-refractivity contribution < 1.29 is 9.59 Å². The van der Waals surface area contributed by atoms with Crippen LogP contribution in [0.15, 0.2) is 48.0 Å². The fourth-order valence-electron chi connectivity index (χ4n) is 2.59. The first-order valence-electron chi connectivity index (χ1n) is 8.16. The van der Waals surface area contributed by atoms with E-state index in [0.717, 1.165) is 10.2 Å². The average molecular weight is 353 g/mol. The van der Waals surface area contributed by atoms with Gasteiger partial charge in [-0.3, -0.25) is 9.59 Å². The molecule has 2 aromatic carbocycles. The Bertz CT molecular complexity index is 898. The molecule has 3 rings (SSSR count). The molecule has 1 N–H and O–H groups in total. The molecule has 0 aliphatic rings. The van der Waals surface area contributed by atoms with Gasteiger partial charge in [0.05, 0.1) is 15.7 Å². The van der Waals surface area contributed by atoms with Gasteiger partial charge in [-0.05, 0) is 56.3 Å². The van der Waals surface area contributed by atoms with Crippen LogP contribution in [0.4, 0.5) is 5.69 Å². The zero-order valence-corrected chi connectivity index (χ0v) is 15.0. The summed E-state index contributed by atoms with van der Waals surface area (Å²) in [7, 11) is 0. The summed E-state index contributed by atoms with van der Waals surface area (Å²) in [6, 6.07) is 12.4. The van der Waals surface area contributed by atoms with Crippen LogP contribution in [0.1, 0.15) is 34.6 Å². The van der Waals surface area contributed by atoms with Crippen LogP contribution in [0.5, 0.6) is 0 Å². The summed E-state index contributed by atoms with van der Waals surface area (Å²) in [5, 5.41) is 2.86. The fraction of sp³-hybridized carbons (Fsp3) is 0.211. The fourth-order valence-corrected chi connectivity index (χ4v) is 3.31. The van der Waals surface area contributed by atoms with E-state index < -0.39 is 0 Å². The van der Waals surface area contributed by atoms with Crippen LogP contribution >= 0.6 is 11.3 Å². The Morgan fingerprint density at radius 1 is 1.04 bits per heavy atom. The number of hydrogen-bond donors (Lipinski definition) is 1. The molecule has 0 bridgehead atoms. The van der Waals surface area contributed by atoms with E-state index in [1.165, 1.54) is 11.3 Å². The molecule has 0 atom stereocenters. The van der Waals surface area contributed by atoms with Gasteiger partial charge in [0.25, 0.3) is 11.8 Å². The number of hydrogen-bond acceptors (Lipinski definition) is 4. The molecule has 5 nitrogen and oxygen atoms in total. The van der Waals surface area contributed by atoms with Crippen LogP contribution in [0.2, 0.25) is 0 Å². The van der Waals surface area contributed by atoms with Gasteiger partial charge in [-0.2, -0.15) is 0 Å². The molecule has 0 saturated carbocycles. The lowest BCUT2D eigenvalue weighted by atomic mass is 10.1. The van der Waals surface area contributed by atoms with Crippen molar-refractivity contribution in [3.8, 4) is 0 Å². The minimum Gasteiger partial charge on any atom is -0.339 e. The lowest BCUT2D eigenvalue weighted by molar-refractivity contribution is 0.0773. The second kappa shape index (κ2) is 7.44. The van der Waals surface area contributed by atoms with Gasteiger partial charge >= 0.3 is 0 Å². The topological polar surface area (TPSA) is 62.3 Å². The van der Waals surface area contributed by atoms with E-state index in [4.69, 9.17) is 0 Å². The molecule has 0 spiro atoms. The summed E-state index contributed by atoms with van der Waals surface area (Å²) >= 11 is 1.50. The molecule has 2 amide bonds. The van der Waals surface area contributed by atoms with Crippen molar-refractivity contribution in [2.24, 2.45) is 0 Å². The van der Waals surface area contributed by atoms with Gasteiger partial charge in [-0.25, -0.2) is 4.98 Å². The van der Waals surface area contributed by atoms with Gasteiger partial charge in [0, 0.05) is 29.9 Å². The molecule has 0 fully saturated rings. The summed E-state index contributed by atoms with van der Waals surface area (Å²) in [6.07, 6.45) is 0. The number of amides is 2. The van der Waals surface area contributed by atoms with Crippen molar-refractivity contribution in [3.05, 3.63) is 59.1 Å². The monoisotopic (exact) mass is 353 g/mol. The molecule has 3 aromatic rings. The number of anilines is 1. The number of carbonyl (C=O) groups is 2. The van der Waals surface area contributed by atoms with Crippen molar-refractivity contribution in [3.63, 3.8) is 0 Å². The third-order valence-corrected chi connectivity index (χ3v) is 4.83. The van der Waals surface area contributed by atoms with Crippen LogP contribution < -0.4 is 5.32 Å². The number of nitrogens with one attached hydrogen (secondary N) is 1. The first-order chi connectivity index (χ1) is 12.1. The van der Waals surface area contributed by atoms with Gasteiger partial charge < -0.3 is 10.2 Å². The van der Waals surface area contributed by atoms with Gasteiger partial charge in [0.1, 0.15) is 0 Å². The predicted octanol–water partition coefficient (Wildman–Crippen LogP) is 4.03. The molecule has 0 radical (unpaired) electrons. The summed E-state index contributed by atoms with van der Waals surface area (Å²) in [4.78, 5) is 30.7. The second-order valence-electron chi connectivity index (χ2n) is 5.54. The Morgan fingerprint density at radius 3 is 2.40 bits per heavy atom. The largest absolute Gasteiger partial charge is 0.339 e. The third-order valence-electron chi connectivity index (χ3n) is 4.03. The molecule has 0 unspecified atom stereocenters. The quantitative estimate of drug-likeness (QED) is 0.753. The maximum Gasteiger partial charge on any atom is 0.255 e. The first-order valence-corrected chi connectivity index (χ1v) is 9.04. The second-order valence-corrected chi connectivity index (χ2v) is 6.43. The van der Waals surface area contributed by atoms with E-state index in [2.05, 4.69) is 10.3 Å². The van der Waals surface area contributed by atoms with E-state index in [1.54, 1.807) is 40.7 Å². The molecular weight excluding hydrogens is 334 g/mol. The highest BCUT2D eigenvalue weighted by Gasteiger charge is 2.13. The Balaban J connectivity index is 1.72. The van der Waals surface area contributed by atoms with Crippen molar-refractivity contribution in [1.82, 2.24) is 9.88 Å². The van der Waals surface area contributed by atoms with E-state index >= 15 is 0 Å². The lowest BCUT2D eigenvalue weighted by Gasteiger charge is -2.18. The Labute approximate surface area is 150 Å². The van der Waals surface area contributed by atoms with Gasteiger partial charge in [-0.1, -0.05) is 0 Å².